The van der Waals surface area contributed by atoms with E-state index in [1.54, 1.807) is 0 Å². The third kappa shape index (κ3) is 3.63. The molecule has 1 spiro atoms. The van der Waals surface area contributed by atoms with Crippen LogP contribution in [-0.4, -0.2) is 85.7 Å². The van der Waals surface area contributed by atoms with Crippen molar-refractivity contribution in [1.82, 2.24) is 14.7 Å². The Labute approximate surface area is 134 Å². The normalized spacial score (nSPS) is 33.5. The van der Waals surface area contributed by atoms with Gasteiger partial charge in [-0.2, -0.15) is 0 Å². The highest BCUT2D eigenvalue weighted by atomic mass is 16.5. The molecule has 0 unspecified atom stereocenters. The van der Waals surface area contributed by atoms with Gasteiger partial charge in [0.15, 0.2) is 0 Å². The van der Waals surface area contributed by atoms with Crippen LogP contribution in [0.15, 0.2) is 0 Å². The highest BCUT2D eigenvalue weighted by Gasteiger charge is 2.40. The second kappa shape index (κ2) is 6.46. The molecular formula is C17H31N3O2. The first kappa shape index (κ1) is 16.2. The maximum absolute atomic E-state index is 12.6. The molecule has 0 aromatic heterocycles. The first-order valence-corrected chi connectivity index (χ1v) is 8.80. The minimum absolute atomic E-state index is 0.232. The lowest BCUT2D eigenvalue weighted by Gasteiger charge is -2.41. The van der Waals surface area contributed by atoms with E-state index in [1.807, 2.05) is 0 Å². The van der Waals surface area contributed by atoms with Crippen LogP contribution in [0, 0.1) is 5.41 Å². The molecule has 0 radical (unpaired) electrons. The highest BCUT2D eigenvalue weighted by molar-refractivity contribution is 5.78. The van der Waals surface area contributed by atoms with Crippen LogP contribution in [0.2, 0.25) is 0 Å². The highest BCUT2D eigenvalue weighted by Crippen LogP contribution is 2.39. The van der Waals surface area contributed by atoms with Crippen molar-refractivity contribution in [2.24, 2.45) is 5.41 Å². The van der Waals surface area contributed by atoms with Crippen molar-refractivity contribution in [3.63, 3.8) is 0 Å². The van der Waals surface area contributed by atoms with Crippen molar-refractivity contribution in [2.75, 3.05) is 52.9 Å². The fourth-order valence-corrected chi connectivity index (χ4v) is 4.50. The van der Waals surface area contributed by atoms with Gasteiger partial charge in [0.25, 0.3) is 0 Å². The Morgan fingerprint density at radius 1 is 1.09 bits per heavy atom. The van der Waals surface area contributed by atoms with Crippen LogP contribution >= 0.6 is 0 Å². The molecule has 3 heterocycles. The van der Waals surface area contributed by atoms with Crippen LogP contribution in [0.25, 0.3) is 0 Å². The van der Waals surface area contributed by atoms with Gasteiger partial charge >= 0.3 is 0 Å². The van der Waals surface area contributed by atoms with E-state index < -0.39 is 0 Å². The smallest absolute Gasteiger partial charge is 0.236 e. The Bertz CT molecular complexity index is 397. The lowest BCUT2D eigenvalue weighted by Crippen LogP contribution is -2.51. The lowest BCUT2D eigenvalue weighted by molar-refractivity contribution is -0.138. The molecule has 5 nitrogen and oxygen atoms in total. The van der Waals surface area contributed by atoms with Gasteiger partial charge in [0, 0.05) is 32.7 Å². The number of rotatable bonds is 2. The van der Waals surface area contributed by atoms with E-state index in [2.05, 4.69) is 35.6 Å². The number of likely N-dealkylation sites (tertiary alicyclic amines) is 2. The van der Waals surface area contributed by atoms with E-state index in [0.29, 0.717) is 17.9 Å². The van der Waals surface area contributed by atoms with Gasteiger partial charge in [-0.3, -0.25) is 9.69 Å². The molecule has 3 rings (SSSR count). The number of amides is 1. The molecule has 3 aliphatic rings. The summed E-state index contributed by atoms with van der Waals surface area (Å²) in [6.07, 6.45) is 4.13. The molecule has 0 aliphatic carbocycles. The molecular weight excluding hydrogens is 278 g/mol. The first-order chi connectivity index (χ1) is 10.5. The van der Waals surface area contributed by atoms with Gasteiger partial charge in [-0.15, -0.1) is 0 Å². The monoisotopic (exact) mass is 309 g/mol. The minimum atomic E-state index is 0.232. The summed E-state index contributed by atoms with van der Waals surface area (Å²) in [5.74, 6) is 0.308. The Morgan fingerprint density at radius 3 is 2.23 bits per heavy atom. The van der Waals surface area contributed by atoms with Crippen LogP contribution in [0.5, 0.6) is 0 Å². The number of carbonyl (C=O) groups excluding carboxylic acids is 1. The third-order valence-electron chi connectivity index (χ3n) is 5.66. The standard InChI is InChI=1S/C17H31N3O2/c1-14-10-19(11-15(2)22-14)12-16(21)20-8-5-17(6-9-20)4-7-18(3)13-17/h14-15H,4-13H2,1-3H3/t14-,15+. The largest absolute Gasteiger partial charge is 0.373 e. The fraction of sp³-hybridized carbons (Fsp3) is 0.941. The SMILES string of the molecule is C[C@@H]1CN(CC(=O)N2CCC3(CCN(C)C3)CC2)C[C@H](C)O1. The van der Waals surface area contributed by atoms with Crippen molar-refractivity contribution >= 4 is 5.91 Å². The maximum atomic E-state index is 12.6. The molecule has 3 fully saturated rings. The average Bonchev–Trinajstić information content (AvgIpc) is 2.79. The topological polar surface area (TPSA) is 36.0 Å². The van der Waals surface area contributed by atoms with Crippen LogP contribution in [0.4, 0.5) is 0 Å². The van der Waals surface area contributed by atoms with Gasteiger partial charge in [0.2, 0.25) is 5.91 Å². The Hall–Kier alpha value is -0.650. The van der Waals surface area contributed by atoms with E-state index in [-0.39, 0.29) is 12.2 Å². The van der Waals surface area contributed by atoms with E-state index >= 15 is 0 Å². The summed E-state index contributed by atoms with van der Waals surface area (Å²) in [6, 6.07) is 0. The molecule has 0 N–H and O–H groups in total. The predicted molar refractivity (Wildman–Crippen MR) is 86.8 cm³/mol. The molecule has 22 heavy (non-hydrogen) atoms. The fourth-order valence-electron chi connectivity index (χ4n) is 4.50. The summed E-state index contributed by atoms with van der Waals surface area (Å²) in [5.41, 5.74) is 0.494. The van der Waals surface area contributed by atoms with Crippen molar-refractivity contribution in [3.8, 4) is 0 Å². The molecule has 0 saturated carbocycles. The van der Waals surface area contributed by atoms with E-state index in [9.17, 15) is 4.79 Å². The molecule has 3 aliphatic heterocycles. The lowest BCUT2D eigenvalue weighted by atomic mass is 9.78. The van der Waals surface area contributed by atoms with Gasteiger partial charge in [-0.25, -0.2) is 0 Å². The maximum Gasteiger partial charge on any atom is 0.236 e. The molecule has 2 atom stereocenters. The Kier molecular flexibility index (Phi) is 4.76. The molecule has 0 aromatic rings. The zero-order valence-corrected chi connectivity index (χ0v) is 14.4. The zero-order chi connectivity index (χ0) is 15.7. The second-order valence-corrected chi connectivity index (χ2v) is 7.82. The molecule has 0 bridgehead atoms. The van der Waals surface area contributed by atoms with Gasteiger partial charge < -0.3 is 14.5 Å². The summed E-state index contributed by atoms with van der Waals surface area (Å²) in [7, 11) is 2.22. The number of morpholine rings is 1. The Morgan fingerprint density at radius 2 is 1.68 bits per heavy atom. The molecule has 1 amide bonds. The number of hydrogen-bond donors (Lipinski definition) is 0. The van der Waals surface area contributed by atoms with Crippen LogP contribution in [0.1, 0.15) is 33.1 Å². The molecule has 0 aromatic carbocycles. The summed E-state index contributed by atoms with van der Waals surface area (Å²) in [6.45, 7) is 10.8. The third-order valence-corrected chi connectivity index (χ3v) is 5.66. The van der Waals surface area contributed by atoms with Gasteiger partial charge in [-0.1, -0.05) is 0 Å². The quantitative estimate of drug-likeness (QED) is 0.764. The number of ether oxygens (including phenoxy) is 1. The van der Waals surface area contributed by atoms with Crippen molar-refractivity contribution in [1.29, 1.82) is 0 Å². The van der Waals surface area contributed by atoms with Gasteiger partial charge in [0.1, 0.15) is 0 Å². The van der Waals surface area contributed by atoms with Crippen molar-refractivity contribution < 1.29 is 9.53 Å². The van der Waals surface area contributed by atoms with Gasteiger partial charge in [-0.05, 0) is 52.1 Å². The molecule has 126 valence electrons. The zero-order valence-electron chi connectivity index (χ0n) is 14.4. The first-order valence-electron chi connectivity index (χ1n) is 8.80. The van der Waals surface area contributed by atoms with E-state index in [4.69, 9.17) is 4.74 Å². The summed E-state index contributed by atoms with van der Waals surface area (Å²) < 4.78 is 5.75. The summed E-state index contributed by atoms with van der Waals surface area (Å²) >= 11 is 0. The number of piperidine rings is 1. The molecule has 5 heteroatoms. The van der Waals surface area contributed by atoms with Crippen molar-refractivity contribution in [2.45, 2.75) is 45.3 Å². The van der Waals surface area contributed by atoms with E-state index in [0.717, 1.165) is 26.2 Å². The molecule has 3 saturated heterocycles. The van der Waals surface area contributed by atoms with E-state index in [1.165, 1.54) is 32.4 Å². The summed E-state index contributed by atoms with van der Waals surface area (Å²) in [4.78, 5) is 19.4. The number of hydrogen-bond acceptors (Lipinski definition) is 4. The second-order valence-electron chi connectivity index (χ2n) is 7.82. The van der Waals surface area contributed by atoms with Gasteiger partial charge in [0.05, 0.1) is 18.8 Å². The van der Waals surface area contributed by atoms with Crippen molar-refractivity contribution in [3.05, 3.63) is 0 Å². The van der Waals surface area contributed by atoms with Crippen LogP contribution in [-0.2, 0) is 9.53 Å². The van der Waals surface area contributed by atoms with Crippen LogP contribution in [0.3, 0.4) is 0 Å². The minimum Gasteiger partial charge on any atom is -0.373 e. The number of nitrogens with zero attached hydrogens (tertiary/aromatic N) is 3. The predicted octanol–water partition coefficient (Wildman–Crippen LogP) is 1.04. The van der Waals surface area contributed by atoms with Crippen LogP contribution < -0.4 is 0 Å². The average molecular weight is 309 g/mol. The number of carbonyl (C=O) groups is 1. The summed E-state index contributed by atoms with van der Waals surface area (Å²) in [5, 5.41) is 0. The Balaban J connectivity index is 1.48.